The summed E-state index contributed by atoms with van der Waals surface area (Å²) in [6.45, 7) is 4.54. The van der Waals surface area contributed by atoms with Crippen LogP contribution in [0.4, 0.5) is 5.69 Å². The number of carbonyl (C=O) groups is 1. The number of aryl methyl sites for hydroxylation is 1. The van der Waals surface area contributed by atoms with E-state index in [1.807, 2.05) is 54.3 Å². The third kappa shape index (κ3) is 3.09. The van der Waals surface area contributed by atoms with Crippen LogP contribution in [-0.4, -0.2) is 23.7 Å². The fourth-order valence-corrected chi connectivity index (χ4v) is 3.24. The summed E-state index contributed by atoms with van der Waals surface area (Å²) in [6, 6.07) is 15.5. The van der Waals surface area contributed by atoms with Gasteiger partial charge in [0.25, 0.3) is 0 Å². The minimum atomic E-state index is -0.793. The number of anilines is 1. The van der Waals surface area contributed by atoms with Crippen LogP contribution >= 0.6 is 0 Å². The Hall–Kier alpha value is -2.49. The van der Waals surface area contributed by atoms with Crippen molar-refractivity contribution in [1.82, 2.24) is 0 Å². The zero-order valence-electron chi connectivity index (χ0n) is 14.1. The van der Waals surface area contributed by atoms with E-state index in [0.717, 1.165) is 23.4 Å². The number of hydrogen-bond donors (Lipinski definition) is 1. The van der Waals surface area contributed by atoms with E-state index in [1.54, 1.807) is 0 Å². The zero-order chi connectivity index (χ0) is 17.1. The molecule has 0 bridgehead atoms. The summed E-state index contributed by atoms with van der Waals surface area (Å²) in [7, 11) is 0. The molecular weight excluding hydrogens is 302 g/mol. The molecule has 0 aromatic heterocycles. The molecule has 3 rings (SSSR count). The quantitative estimate of drug-likeness (QED) is 0.901. The lowest BCUT2D eigenvalue weighted by Crippen LogP contribution is -2.46. The van der Waals surface area contributed by atoms with Crippen LogP contribution in [0.1, 0.15) is 37.5 Å². The highest BCUT2D eigenvalue weighted by atomic mass is 16.5. The molecule has 1 heterocycles. The predicted molar refractivity (Wildman–Crippen MR) is 94.7 cm³/mol. The van der Waals surface area contributed by atoms with Crippen LogP contribution in [0.5, 0.6) is 5.75 Å². The Balaban J connectivity index is 2.03. The lowest BCUT2D eigenvalue weighted by molar-refractivity contribution is -0.138. The van der Waals surface area contributed by atoms with Gasteiger partial charge in [-0.15, -0.1) is 0 Å². The van der Waals surface area contributed by atoms with Crippen molar-refractivity contribution in [3.8, 4) is 5.75 Å². The Morgan fingerprint density at radius 2 is 2.00 bits per heavy atom. The standard InChI is InChI=1S/C20H23NO3/c1-3-14-10-11-18-17(12-14)21(16(4-2)20(22)23)13-19(24-18)15-8-6-5-7-9-15/h5-12,16,19H,3-4,13H2,1-2H3,(H,22,23). The van der Waals surface area contributed by atoms with Crippen molar-refractivity contribution in [2.45, 2.75) is 38.8 Å². The maximum Gasteiger partial charge on any atom is 0.326 e. The highest BCUT2D eigenvalue weighted by Gasteiger charge is 2.33. The molecule has 0 saturated carbocycles. The molecule has 0 saturated heterocycles. The number of nitrogens with zero attached hydrogens (tertiary/aromatic N) is 1. The number of carboxylic acids is 1. The summed E-state index contributed by atoms with van der Waals surface area (Å²) in [6.07, 6.45) is 1.29. The molecule has 2 aromatic carbocycles. The number of fused-ring (bicyclic) bond motifs is 1. The van der Waals surface area contributed by atoms with Gasteiger partial charge in [0, 0.05) is 0 Å². The van der Waals surface area contributed by atoms with E-state index in [4.69, 9.17) is 4.74 Å². The SMILES string of the molecule is CCc1ccc2c(c1)N(C(CC)C(=O)O)CC(c1ccccc1)O2. The second-order valence-electron chi connectivity index (χ2n) is 6.09. The molecule has 126 valence electrons. The van der Waals surface area contributed by atoms with Crippen molar-refractivity contribution in [3.63, 3.8) is 0 Å². The second-order valence-corrected chi connectivity index (χ2v) is 6.09. The molecule has 1 N–H and O–H groups in total. The van der Waals surface area contributed by atoms with Crippen LogP contribution in [0.25, 0.3) is 0 Å². The van der Waals surface area contributed by atoms with Gasteiger partial charge in [0.05, 0.1) is 12.2 Å². The maximum atomic E-state index is 11.8. The van der Waals surface area contributed by atoms with E-state index < -0.39 is 12.0 Å². The number of rotatable bonds is 5. The van der Waals surface area contributed by atoms with Crippen LogP contribution in [0.2, 0.25) is 0 Å². The van der Waals surface area contributed by atoms with Crippen molar-refractivity contribution in [2.75, 3.05) is 11.4 Å². The number of hydrogen-bond acceptors (Lipinski definition) is 3. The molecule has 2 aromatic rings. The first-order valence-corrected chi connectivity index (χ1v) is 8.48. The maximum absolute atomic E-state index is 11.8. The van der Waals surface area contributed by atoms with Crippen LogP contribution in [-0.2, 0) is 11.2 Å². The summed E-state index contributed by atoms with van der Waals surface area (Å²) in [5, 5.41) is 9.65. The van der Waals surface area contributed by atoms with E-state index in [-0.39, 0.29) is 6.10 Å². The minimum Gasteiger partial charge on any atom is -0.482 e. The van der Waals surface area contributed by atoms with E-state index in [0.29, 0.717) is 13.0 Å². The summed E-state index contributed by atoms with van der Waals surface area (Å²) in [5.41, 5.74) is 3.13. The molecule has 2 unspecified atom stereocenters. The Morgan fingerprint density at radius 3 is 2.62 bits per heavy atom. The molecule has 4 heteroatoms. The van der Waals surface area contributed by atoms with E-state index in [2.05, 4.69) is 13.0 Å². The zero-order valence-corrected chi connectivity index (χ0v) is 14.1. The van der Waals surface area contributed by atoms with Gasteiger partial charge in [0.15, 0.2) is 0 Å². The first-order valence-electron chi connectivity index (χ1n) is 8.48. The van der Waals surface area contributed by atoms with Gasteiger partial charge in [-0.05, 0) is 36.1 Å². The minimum absolute atomic E-state index is 0.167. The van der Waals surface area contributed by atoms with Gasteiger partial charge >= 0.3 is 5.97 Å². The topological polar surface area (TPSA) is 49.8 Å². The molecular formula is C20H23NO3. The normalized spacial score (nSPS) is 17.8. The lowest BCUT2D eigenvalue weighted by atomic mass is 10.0. The third-order valence-corrected chi connectivity index (χ3v) is 4.59. The fraction of sp³-hybridized carbons (Fsp3) is 0.350. The van der Waals surface area contributed by atoms with Gasteiger partial charge in [-0.25, -0.2) is 4.79 Å². The van der Waals surface area contributed by atoms with Gasteiger partial charge in [-0.3, -0.25) is 0 Å². The van der Waals surface area contributed by atoms with Crippen molar-refractivity contribution < 1.29 is 14.6 Å². The largest absolute Gasteiger partial charge is 0.482 e. The number of ether oxygens (including phenoxy) is 1. The molecule has 0 amide bonds. The van der Waals surface area contributed by atoms with Crippen molar-refractivity contribution in [2.24, 2.45) is 0 Å². The molecule has 0 spiro atoms. The monoisotopic (exact) mass is 325 g/mol. The Morgan fingerprint density at radius 1 is 1.25 bits per heavy atom. The highest BCUT2D eigenvalue weighted by Crippen LogP contribution is 2.40. The van der Waals surface area contributed by atoms with E-state index >= 15 is 0 Å². The third-order valence-electron chi connectivity index (χ3n) is 4.59. The smallest absolute Gasteiger partial charge is 0.326 e. The van der Waals surface area contributed by atoms with Crippen molar-refractivity contribution >= 4 is 11.7 Å². The molecule has 4 nitrogen and oxygen atoms in total. The van der Waals surface area contributed by atoms with Gasteiger partial charge in [-0.1, -0.05) is 50.2 Å². The van der Waals surface area contributed by atoms with Crippen LogP contribution < -0.4 is 9.64 Å². The van der Waals surface area contributed by atoms with Crippen LogP contribution in [0.3, 0.4) is 0 Å². The number of aliphatic carboxylic acids is 1. The molecule has 1 aliphatic heterocycles. The first-order chi connectivity index (χ1) is 11.6. The molecule has 2 atom stereocenters. The fourth-order valence-electron chi connectivity index (χ4n) is 3.24. The molecule has 0 fully saturated rings. The van der Waals surface area contributed by atoms with E-state index in [1.165, 1.54) is 5.56 Å². The van der Waals surface area contributed by atoms with Crippen molar-refractivity contribution in [1.29, 1.82) is 0 Å². The predicted octanol–water partition coefficient (Wildman–Crippen LogP) is 4.05. The average molecular weight is 325 g/mol. The van der Waals surface area contributed by atoms with Crippen molar-refractivity contribution in [3.05, 3.63) is 59.7 Å². The Kier molecular flexibility index (Phi) is 4.74. The summed E-state index contributed by atoms with van der Waals surface area (Å²) in [4.78, 5) is 13.7. The van der Waals surface area contributed by atoms with Gasteiger partial charge in [0.1, 0.15) is 17.9 Å². The summed E-state index contributed by atoms with van der Waals surface area (Å²) < 4.78 is 6.19. The van der Waals surface area contributed by atoms with E-state index in [9.17, 15) is 9.90 Å². The Bertz CT molecular complexity index is 714. The first kappa shape index (κ1) is 16.4. The number of carboxylic acid groups (broad SMARTS) is 1. The second kappa shape index (κ2) is 6.95. The molecule has 1 aliphatic rings. The van der Waals surface area contributed by atoms with Crippen LogP contribution in [0, 0.1) is 0 Å². The molecule has 0 radical (unpaired) electrons. The molecule has 0 aliphatic carbocycles. The lowest BCUT2D eigenvalue weighted by Gasteiger charge is -2.39. The van der Waals surface area contributed by atoms with Gasteiger partial charge < -0.3 is 14.7 Å². The highest BCUT2D eigenvalue weighted by molar-refractivity contribution is 5.80. The Labute approximate surface area is 142 Å². The molecule has 24 heavy (non-hydrogen) atoms. The van der Waals surface area contributed by atoms with Gasteiger partial charge in [-0.2, -0.15) is 0 Å². The summed E-state index contributed by atoms with van der Waals surface area (Å²) in [5.74, 6) is -0.0360. The summed E-state index contributed by atoms with van der Waals surface area (Å²) >= 11 is 0. The van der Waals surface area contributed by atoms with Gasteiger partial charge in [0.2, 0.25) is 0 Å². The average Bonchev–Trinajstić information content (AvgIpc) is 2.62. The number of benzene rings is 2. The van der Waals surface area contributed by atoms with Crippen LogP contribution in [0.15, 0.2) is 48.5 Å².